The normalized spacial score (nSPS) is 27.1. The van der Waals surface area contributed by atoms with Gasteiger partial charge in [-0.25, -0.2) is 13.2 Å². The zero-order valence-corrected chi connectivity index (χ0v) is 9.26. The van der Waals surface area contributed by atoms with Gasteiger partial charge in [-0.2, -0.15) is 0 Å². The Bertz CT molecular complexity index is 311. The fourth-order valence-electron chi connectivity index (χ4n) is 1.63. The van der Waals surface area contributed by atoms with Gasteiger partial charge in [0.15, 0.2) is 16.4 Å². The van der Waals surface area contributed by atoms with Gasteiger partial charge in [0.25, 0.3) is 0 Å². The van der Waals surface area contributed by atoms with Gasteiger partial charge in [-0.15, -0.1) is 0 Å². The minimum atomic E-state index is -2.86. The Kier molecular flexibility index (Phi) is 3.49. The number of quaternary nitrogens is 1. The van der Waals surface area contributed by atoms with Crippen molar-refractivity contribution in [1.82, 2.24) is 0 Å². The third-order valence-corrected chi connectivity index (χ3v) is 4.35. The molecular weight excluding hydrogens is 206 g/mol. The van der Waals surface area contributed by atoms with Gasteiger partial charge in [0.05, 0.1) is 19.9 Å². The summed E-state index contributed by atoms with van der Waals surface area (Å²) in [4.78, 5) is 11.9. The van der Waals surface area contributed by atoms with Crippen LogP contribution in [0, 0.1) is 0 Å². The first-order valence-electron chi connectivity index (χ1n) is 4.54. The summed E-state index contributed by atoms with van der Waals surface area (Å²) in [6.07, 6.45) is 0.644. The molecular formula is C8H16NO4S+. The molecule has 82 valence electrons. The Hall–Kier alpha value is -0.620. The maximum absolute atomic E-state index is 11.2. The molecule has 6 heteroatoms. The highest BCUT2D eigenvalue weighted by molar-refractivity contribution is 7.91. The molecule has 0 saturated carbocycles. The van der Waals surface area contributed by atoms with Crippen molar-refractivity contribution in [3.05, 3.63) is 0 Å². The summed E-state index contributed by atoms with van der Waals surface area (Å²) in [7, 11) is 0.300. The second-order valence-electron chi connectivity index (χ2n) is 3.70. The number of hydrogen-bond acceptors (Lipinski definition) is 4. The number of sulfone groups is 1. The van der Waals surface area contributed by atoms with E-state index in [1.165, 1.54) is 7.11 Å². The monoisotopic (exact) mass is 222 g/mol. The molecule has 14 heavy (non-hydrogen) atoms. The van der Waals surface area contributed by atoms with Crippen LogP contribution in [0.3, 0.4) is 0 Å². The van der Waals surface area contributed by atoms with E-state index in [2.05, 4.69) is 4.74 Å². The van der Waals surface area contributed by atoms with E-state index < -0.39 is 9.84 Å². The Morgan fingerprint density at radius 2 is 2.21 bits per heavy atom. The van der Waals surface area contributed by atoms with Crippen LogP contribution in [-0.2, 0) is 19.4 Å². The van der Waals surface area contributed by atoms with Gasteiger partial charge in [-0.3, -0.25) is 0 Å². The number of esters is 1. The first kappa shape index (κ1) is 11.5. The molecule has 0 radical (unpaired) electrons. The fourth-order valence-corrected chi connectivity index (χ4v) is 3.50. The lowest BCUT2D eigenvalue weighted by Crippen LogP contribution is -3.14. The highest BCUT2D eigenvalue weighted by Gasteiger charge is 2.34. The van der Waals surface area contributed by atoms with Crippen LogP contribution in [0.15, 0.2) is 0 Å². The van der Waals surface area contributed by atoms with Crippen LogP contribution in [0.4, 0.5) is 0 Å². The number of likely N-dealkylation sites (N-methyl/N-ethyl adjacent to an activating group) is 1. The molecule has 0 aromatic heterocycles. The summed E-state index contributed by atoms with van der Waals surface area (Å²) in [6, 6.07) is 0.0408. The van der Waals surface area contributed by atoms with Crippen molar-refractivity contribution in [3.8, 4) is 0 Å². The van der Waals surface area contributed by atoms with Gasteiger partial charge in [-0.1, -0.05) is 0 Å². The van der Waals surface area contributed by atoms with Gasteiger partial charge in [0.1, 0.15) is 11.8 Å². The van der Waals surface area contributed by atoms with E-state index >= 15 is 0 Å². The van der Waals surface area contributed by atoms with Crippen molar-refractivity contribution >= 4 is 15.8 Å². The molecule has 1 aliphatic rings. The van der Waals surface area contributed by atoms with Gasteiger partial charge >= 0.3 is 5.97 Å². The van der Waals surface area contributed by atoms with E-state index in [0.717, 1.165) is 4.90 Å². The Labute approximate surface area is 83.9 Å². The predicted molar refractivity (Wildman–Crippen MR) is 50.8 cm³/mol. The van der Waals surface area contributed by atoms with Crippen LogP contribution >= 0.6 is 0 Å². The van der Waals surface area contributed by atoms with E-state index in [-0.39, 0.29) is 30.1 Å². The van der Waals surface area contributed by atoms with Crippen LogP contribution in [0.2, 0.25) is 0 Å². The lowest BCUT2D eigenvalue weighted by atomic mass is 10.2. The minimum Gasteiger partial charge on any atom is -0.465 e. The molecule has 1 saturated heterocycles. The molecule has 2 atom stereocenters. The lowest BCUT2D eigenvalue weighted by Gasteiger charge is -2.18. The average molecular weight is 222 g/mol. The van der Waals surface area contributed by atoms with Gasteiger partial charge in [0.2, 0.25) is 0 Å². The molecule has 0 aromatic rings. The van der Waals surface area contributed by atoms with Crippen molar-refractivity contribution in [3.63, 3.8) is 0 Å². The SMILES string of the molecule is COC(=O)C[NH+](C)C1CCS(=O)(=O)C1. The van der Waals surface area contributed by atoms with E-state index in [9.17, 15) is 13.2 Å². The first-order chi connectivity index (χ1) is 6.44. The second-order valence-corrected chi connectivity index (χ2v) is 5.93. The van der Waals surface area contributed by atoms with Crippen LogP contribution in [0.5, 0.6) is 0 Å². The topological polar surface area (TPSA) is 64.9 Å². The second kappa shape index (κ2) is 4.27. The van der Waals surface area contributed by atoms with Crippen molar-refractivity contribution < 1.29 is 22.8 Å². The average Bonchev–Trinajstić information content (AvgIpc) is 2.46. The standard InChI is InChI=1S/C8H15NO4S/c1-9(5-8(10)13-2)7-3-4-14(11,12)6-7/h7H,3-6H2,1-2H3/p+1. The van der Waals surface area contributed by atoms with E-state index in [1.807, 2.05) is 7.05 Å². The molecule has 1 fully saturated rings. The third-order valence-electron chi connectivity index (χ3n) is 2.58. The summed E-state index contributed by atoms with van der Waals surface area (Å²) in [5.41, 5.74) is 0. The molecule has 5 nitrogen and oxygen atoms in total. The highest BCUT2D eigenvalue weighted by Crippen LogP contribution is 2.08. The van der Waals surface area contributed by atoms with Crippen molar-refractivity contribution in [1.29, 1.82) is 0 Å². The number of carbonyl (C=O) groups excluding carboxylic acids is 1. The molecule has 1 heterocycles. The molecule has 0 bridgehead atoms. The molecule has 0 aromatic carbocycles. The zero-order chi connectivity index (χ0) is 10.8. The lowest BCUT2D eigenvalue weighted by molar-refractivity contribution is -0.895. The number of methoxy groups -OCH3 is 1. The molecule has 1 rings (SSSR count). The number of hydrogen-bond donors (Lipinski definition) is 1. The van der Waals surface area contributed by atoms with Crippen LogP contribution in [0.1, 0.15) is 6.42 Å². The van der Waals surface area contributed by atoms with Gasteiger partial charge < -0.3 is 9.64 Å². The maximum Gasteiger partial charge on any atom is 0.361 e. The number of ether oxygens (including phenoxy) is 1. The molecule has 1 aliphatic heterocycles. The van der Waals surface area contributed by atoms with E-state index in [4.69, 9.17) is 0 Å². The largest absolute Gasteiger partial charge is 0.465 e. The smallest absolute Gasteiger partial charge is 0.361 e. The zero-order valence-electron chi connectivity index (χ0n) is 8.45. The maximum atomic E-state index is 11.2. The molecule has 2 unspecified atom stereocenters. The summed E-state index contributed by atoms with van der Waals surface area (Å²) in [5, 5.41) is 0. The summed E-state index contributed by atoms with van der Waals surface area (Å²) >= 11 is 0. The van der Waals surface area contributed by atoms with E-state index in [1.54, 1.807) is 0 Å². The van der Waals surface area contributed by atoms with Crippen molar-refractivity contribution in [2.24, 2.45) is 0 Å². The minimum absolute atomic E-state index is 0.0408. The molecule has 0 aliphatic carbocycles. The Morgan fingerprint density at radius 1 is 1.57 bits per heavy atom. The van der Waals surface area contributed by atoms with Crippen molar-refractivity contribution in [2.45, 2.75) is 12.5 Å². The molecule has 1 N–H and O–H groups in total. The Balaban J connectivity index is 2.47. The quantitative estimate of drug-likeness (QED) is 0.554. The van der Waals surface area contributed by atoms with Crippen LogP contribution in [0.25, 0.3) is 0 Å². The first-order valence-corrected chi connectivity index (χ1v) is 6.36. The summed E-state index contributed by atoms with van der Waals surface area (Å²) in [5.74, 6) is 0.137. The van der Waals surface area contributed by atoms with Crippen LogP contribution < -0.4 is 4.90 Å². The van der Waals surface area contributed by atoms with Gasteiger partial charge in [0, 0.05) is 6.42 Å². The predicted octanol–water partition coefficient (Wildman–Crippen LogP) is -2.14. The van der Waals surface area contributed by atoms with Crippen LogP contribution in [-0.4, -0.2) is 52.6 Å². The third kappa shape index (κ3) is 2.95. The summed E-state index contributed by atoms with van der Waals surface area (Å²) < 4.78 is 26.9. The van der Waals surface area contributed by atoms with E-state index in [0.29, 0.717) is 6.42 Å². The Morgan fingerprint density at radius 3 is 2.64 bits per heavy atom. The highest BCUT2D eigenvalue weighted by atomic mass is 32.2. The van der Waals surface area contributed by atoms with Crippen molar-refractivity contribution in [2.75, 3.05) is 32.2 Å². The van der Waals surface area contributed by atoms with Gasteiger partial charge in [-0.05, 0) is 0 Å². The number of carbonyl (C=O) groups is 1. The number of nitrogens with one attached hydrogen (secondary N) is 1. The fraction of sp³-hybridized carbons (Fsp3) is 0.875. The molecule has 0 amide bonds. The molecule has 0 spiro atoms. The summed E-state index contributed by atoms with van der Waals surface area (Å²) in [6.45, 7) is 0.233. The number of rotatable bonds is 3.